The van der Waals surface area contributed by atoms with Crippen molar-refractivity contribution in [3.8, 4) is 0 Å². The fraction of sp³-hybridized carbons (Fsp3) is 1.00. The van der Waals surface area contributed by atoms with Gasteiger partial charge in [0.25, 0.3) is 0 Å². The molecular weight excluding hydrogens is 176 g/mol. The van der Waals surface area contributed by atoms with Crippen molar-refractivity contribution in [2.45, 2.75) is 58.2 Å². The van der Waals surface area contributed by atoms with Crippen LogP contribution in [0.3, 0.4) is 0 Å². The van der Waals surface area contributed by atoms with E-state index < -0.39 is 0 Å². The van der Waals surface area contributed by atoms with Gasteiger partial charge in [-0.3, -0.25) is 4.90 Å². The minimum absolute atomic E-state index is 0.202. The molecule has 0 aromatic heterocycles. The Morgan fingerprint density at radius 1 is 1.43 bits per heavy atom. The van der Waals surface area contributed by atoms with Crippen LogP contribution in [0.1, 0.15) is 40.5 Å². The molecule has 2 atom stereocenters. The van der Waals surface area contributed by atoms with Crippen LogP contribution in [-0.2, 0) is 0 Å². The molecule has 4 heteroatoms. The van der Waals surface area contributed by atoms with Crippen LogP contribution in [0.15, 0.2) is 5.11 Å². The Balaban J connectivity index is 2.60. The zero-order chi connectivity index (χ0) is 10.8. The molecule has 80 valence electrons. The highest BCUT2D eigenvalue weighted by Crippen LogP contribution is 2.26. The van der Waals surface area contributed by atoms with Gasteiger partial charge in [-0.1, -0.05) is 5.11 Å². The van der Waals surface area contributed by atoms with Gasteiger partial charge in [-0.25, -0.2) is 0 Å². The lowest BCUT2D eigenvalue weighted by atomic mass is 9.93. The van der Waals surface area contributed by atoms with Gasteiger partial charge < -0.3 is 0 Å². The van der Waals surface area contributed by atoms with Gasteiger partial charge in [-0.05, 0) is 52.6 Å². The SMILES string of the molecule is C[C@H]1C[C@@H](N=[N+]=[N-])CCN1C(C)(C)C. The molecule has 0 aromatic rings. The normalized spacial score (nSPS) is 29.7. The molecule has 1 saturated heterocycles. The molecule has 4 nitrogen and oxygen atoms in total. The molecule has 1 rings (SSSR count). The van der Waals surface area contributed by atoms with E-state index in [1.807, 2.05) is 0 Å². The first-order chi connectivity index (χ1) is 6.45. The third kappa shape index (κ3) is 2.63. The lowest BCUT2D eigenvalue weighted by Crippen LogP contribution is -2.51. The third-order valence-corrected chi connectivity index (χ3v) is 2.93. The molecule has 0 radical (unpaired) electrons. The van der Waals surface area contributed by atoms with Crippen LogP contribution in [-0.4, -0.2) is 29.1 Å². The van der Waals surface area contributed by atoms with Crippen molar-refractivity contribution in [3.63, 3.8) is 0 Å². The minimum atomic E-state index is 0.202. The van der Waals surface area contributed by atoms with Gasteiger partial charge in [0.2, 0.25) is 0 Å². The summed E-state index contributed by atoms with van der Waals surface area (Å²) in [5.74, 6) is 0. The van der Waals surface area contributed by atoms with E-state index in [4.69, 9.17) is 5.53 Å². The molecule has 1 heterocycles. The van der Waals surface area contributed by atoms with Crippen molar-refractivity contribution in [2.75, 3.05) is 6.54 Å². The summed E-state index contributed by atoms with van der Waals surface area (Å²) in [6.45, 7) is 9.95. The van der Waals surface area contributed by atoms with Gasteiger partial charge >= 0.3 is 0 Å². The number of nitrogens with zero attached hydrogens (tertiary/aromatic N) is 4. The summed E-state index contributed by atoms with van der Waals surface area (Å²) in [6, 6.07) is 0.716. The average molecular weight is 196 g/mol. The molecule has 0 aliphatic carbocycles. The number of hydrogen-bond donors (Lipinski definition) is 0. The first-order valence-electron chi connectivity index (χ1n) is 5.26. The fourth-order valence-corrected chi connectivity index (χ4v) is 2.32. The number of hydrogen-bond acceptors (Lipinski definition) is 2. The largest absolute Gasteiger partial charge is 0.296 e. The van der Waals surface area contributed by atoms with Crippen molar-refractivity contribution < 1.29 is 0 Å². The van der Waals surface area contributed by atoms with Crippen molar-refractivity contribution in [1.29, 1.82) is 0 Å². The Morgan fingerprint density at radius 3 is 2.50 bits per heavy atom. The lowest BCUT2D eigenvalue weighted by molar-refractivity contribution is 0.0538. The van der Waals surface area contributed by atoms with Crippen LogP contribution in [0.2, 0.25) is 0 Å². The highest BCUT2D eigenvalue weighted by Gasteiger charge is 2.31. The monoisotopic (exact) mass is 196 g/mol. The van der Waals surface area contributed by atoms with E-state index in [9.17, 15) is 0 Å². The summed E-state index contributed by atoms with van der Waals surface area (Å²) in [5.41, 5.74) is 8.60. The molecule has 1 fully saturated rings. The van der Waals surface area contributed by atoms with Crippen LogP contribution in [0.4, 0.5) is 0 Å². The molecule has 0 unspecified atom stereocenters. The summed E-state index contributed by atoms with van der Waals surface area (Å²) in [5, 5.41) is 3.80. The quantitative estimate of drug-likeness (QED) is 0.361. The molecule has 1 aliphatic rings. The molecule has 0 bridgehead atoms. The van der Waals surface area contributed by atoms with Gasteiger partial charge in [0.05, 0.1) is 0 Å². The molecule has 0 amide bonds. The second kappa shape index (κ2) is 4.20. The van der Waals surface area contributed by atoms with E-state index in [1.165, 1.54) is 0 Å². The number of likely N-dealkylation sites (tertiary alicyclic amines) is 1. The van der Waals surface area contributed by atoms with Gasteiger partial charge in [-0.15, -0.1) is 0 Å². The van der Waals surface area contributed by atoms with Crippen molar-refractivity contribution in [2.24, 2.45) is 5.11 Å². The van der Waals surface area contributed by atoms with Crippen molar-refractivity contribution in [1.82, 2.24) is 4.90 Å². The standard InChI is InChI=1S/C10H20N4/c1-8-7-9(12-13-11)5-6-14(8)10(2,3)4/h8-9H,5-7H2,1-4H3/t8-,9-/m0/s1. The summed E-state index contributed by atoms with van der Waals surface area (Å²) in [6.07, 6.45) is 1.98. The lowest BCUT2D eigenvalue weighted by Gasteiger charge is -2.44. The van der Waals surface area contributed by atoms with E-state index in [2.05, 4.69) is 42.6 Å². The Labute approximate surface area is 85.9 Å². The third-order valence-electron chi connectivity index (χ3n) is 2.93. The van der Waals surface area contributed by atoms with Gasteiger partial charge in [0, 0.05) is 22.5 Å². The van der Waals surface area contributed by atoms with E-state index in [-0.39, 0.29) is 11.6 Å². The molecule has 0 saturated carbocycles. The first-order valence-corrected chi connectivity index (χ1v) is 5.26. The molecular formula is C10H20N4. The van der Waals surface area contributed by atoms with Crippen molar-refractivity contribution in [3.05, 3.63) is 10.4 Å². The Kier molecular flexibility index (Phi) is 3.40. The molecule has 0 N–H and O–H groups in total. The smallest absolute Gasteiger partial charge is 0.0400 e. The Hall–Kier alpha value is -0.730. The topological polar surface area (TPSA) is 52.0 Å². The van der Waals surface area contributed by atoms with Crippen LogP contribution in [0.25, 0.3) is 10.4 Å². The number of rotatable bonds is 1. The van der Waals surface area contributed by atoms with Crippen LogP contribution < -0.4 is 0 Å². The summed E-state index contributed by atoms with van der Waals surface area (Å²) in [7, 11) is 0. The minimum Gasteiger partial charge on any atom is -0.296 e. The highest BCUT2D eigenvalue weighted by atomic mass is 15.2. The van der Waals surface area contributed by atoms with Crippen LogP contribution in [0, 0.1) is 0 Å². The van der Waals surface area contributed by atoms with E-state index in [1.54, 1.807) is 0 Å². The molecule has 0 aromatic carbocycles. The van der Waals surface area contributed by atoms with E-state index in [0.29, 0.717) is 6.04 Å². The zero-order valence-electron chi connectivity index (χ0n) is 9.56. The van der Waals surface area contributed by atoms with Gasteiger partial charge in [-0.2, -0.15) is 0 Å². The summed E-state index contributed by atoms with van der Waals surface area (Å²) < 4.78 is 0. The van der Waals surface area contributed by atoms with E-state index in [0.717, 1.165) is 19.4 Å². The summed E-state index contributed by atoms with van der Waals surface area (Å²) in [4.78, 5) is 5.37. The summed E-state index contributed by atoms with van der Waals surface area (Å²) >= 11 is 0. The second-order valence-corrected chi connectivity index (χ2v) is 5.10. The van der Waals surface area contributed by atoms with Gasteiger partial charge in [0.15, 0.2) is 0 Å². The van der Waals surface area contributed by atoms with Crippen LogP contribution >= 0.6 is 0 Å². The second-order valence-electron chi connectivity index (χ2n) is 5.10. The predicted octanol–water partition coefficient (Wildman–Crippen LogP) is 2.95. The van der Waals surface area contributed by atoms with Crippen molar-refractivity contribution >= 4 is 0 Å². The molecule has 1 aliphatic heterocycles. The maximum absolute atomic E-state index is 8.38. The number of piperidine rings is 1. The average Bonchev–Trinajstić information content (AvgIpc) is 2.02. The Morgan fingerprint density at radius 2 is 2.07 bits per heavy atom. The number of azide groups is 1. The predicted molar refractivity (Wildman–Crippen MR) is 58.1 cm³/mol. The Bertz CT molecular complexity index is 237. The maximum Gasteiger partial charge on any atom is 0.0400 e. The molecule has 14 heavy (non-hydrogen) atoms. The fourth-order valence-electron chi connectivity index (χ4n) is 2.32. The van der Waals surface area contributed by atoms with E-state index >= 15 is 0 Å². The van der Waals surface area contributed by atoms with Gasteiger partial charge in [0.1, 0.15) is 0 Å². The maximum atomic E-state index is 8.38. The first kappa shape index (κ1) is 11.3. The zero-order valence-corrected chi connectivity index (χ0v) is 9.56. The van der Waals surface area contributed by atoms with Crippen LogP contribution in [0.5, 0.6) is 0 Å². The molecule has 0 spiro atoms. The highest BCUT2D eigenvalue weighted by molar-refractivity contribution is 4.89.